The van der Waals surface area contributed by atoms with Crippen molar-refractivity contribution in [3.8, 4) is 0 Å². The summed E-state index contributed by atoms with van der Waals surface area (Å²) in [6, 6.07) is 0.571. The number of rotatable bonds is 11. The molecular weight excluding hydrogens is 250 g/mol. The minimum atomic E-state index is 0.172. The van der Waals surface area contributed by atoms with Crippen LogP contribution in [-0.2, 0) is 4.79 Å². The lowest BCUT2D eigenvalue weighted by Gasteiger charge is -2.23. The van der Waals surface area contributed by atoms with Gasteiger partial charge in [0.15, 0.2) is 0 Å². The summed E-state index contributed by atoms with van der Waals surface area (Å²) >= 11 is 0. The third kappa shape index (κ3) is 8.54. The van der Waals surface area contributed by atoms with E-state index >= 15 is 0 Å². The SMILES string of the molecule is CCC(C)N(C)CCNC(=O)CCC(CCN)C(C)C. The van der Waals surface area contributed by atoms with Crippen molar-refractivity contribution in [1.29, 1.82) is 0 Å². The number of hydrogen-bond donors (Lipinski definition) is 2. The highest BCUT2D eigenvalue weighted by Crippen LogP contribution is 2.20. The molecule has 0 aliphatic rings. The summed E-state index contributed by atoms with van der Waals surface area (Å²) in [5.74, 6) is 1.33. The van der Waals surface area contributed by atoms with Crippen molar-refractivity contribution in [2.75, 3.05) is 26.7 Å². The molecule has 0 rings (SSSR count). The van der Waals surface area contributed by atoms with Gasteiger partial charge in [0.2, 0.25) is 5.91 Å². The molecule has 1 amide bonds. The van der Waals surface area contributed by atoms with Gasteiger partial charge in [0, 0.05) is 25.6 Å². The summed E-state index contributed by atoms with van der Waals surface area (Å²) in [5.41, 5.74) is 5.62. The predicted octanol–water partition coefficient (Wildman–Crippen LogP) is 2.23. The Bertz CT molecular complexity index is 256. The van der Waals surface area contributed by atoms with Gasteiger partial charge in [-0.05, 0) is 51.6 Å². The van der Waals surface area contributed by atoms with E-state index in [2.05, 4.69) is 45.0 Å². The molecular formula is C16H35N3O. The van der Waals surface area contributed by atoms with E-state index in [-0.39, 0.29) is 5.91 Å². The van der Waals surface area contributed by atoms with Gasteiger partial charge in [0.05, 0.1) is 0 Å². The second-order valence-corrected chi connectivity index (χ2v) is 6.21. The van der Waals surface area contributed by atoms with Gasteiger partial charge < -0.3 is 16.0 Å². The van der Waals surface area contributed by atoms with E-state index in [1.54, 1.807) is 0 Å². The number of carbonyl (C=O) groups is 1. The van der Waals surface area contributed by atoms with Crippen molar-refractivity contribution in [2.45, 2.75) is 59.4 Å². The predicted molar refractivity (Wildman–Crippen MR) is 86.6 cm³/mol. The highest BCUT2D eigenvalue weighted by Gasteiger charge is 2.14. The van der Waals surface area contributed by atoms with Crippen molar-refractivity contribution >= 4 is 5.91 Å². The van der Waals surface area contributed by atoms with Gasteiger partial charge in [0.25, 0.3) is 0 Å². The third-order valence-electron chi connectivity index (χ3n) is 4.35. The Balaban J connectivity index is 3.83. The Morgan fingerprint density at radius 1 is 1.25 bits per heavy atom. The van der Waals surface area contributed by atoms with E-state index in [0.717, 1.165) is 32.4 Å². The second-order valence-electron chi connectivity index (χ2n) is 6.21. The molecule has 4 nitrogen and oxygen atoms in total. The van der Waals surface area contributed by atoms with Crippen LogP contribution >= 0.6 is 0 Å². The van der Waals surface area contributed by atoms with Crippen molar-refractivity contribution in [2.24, 2.45) is 17.6 Å². The molecule has 0 aromatic rings. The van der Waals surface area contributed by atoms with Crippen LogP contribution in [0, 0.1) is 11.8 Å². The fraction of sp³-hybridized carbons (Fsp3) is 0.938. The minimum Gasteiger partial charge on any atom is -0.355 e. The van der Waals surface area contributed by atoms with Crippen LogP contribution in [0.2, 0.25) is 0 Å². The molecule has 3 N–H and O–H groups in total. The van der Waals surface area contributed by atoms with Gasteiger partial charge in [-0.3, -0.25) is 4.79 Å². The van der Waals surface area contributed by atoms with Gasteiger partial charge in [0.1, 0.15) is 0 Å². The highest BCUT2D eigenvalue weighted by atomic mass is 16.1. The second kappa shape index (κ2) is 11.1. The average molecular weight is 285 g/mol. The maximum absolute atomic E-state index is 11.8. The quantitative estimate of drug-likeness (QED) is 0.612. The van der Waals surface area contributed by atoms with Gasteiger partial charge in [-0.15, -0.1) is 0 Å². The molecule has 4 heteroatoms. The van der Waals surface area contributed by atoms with E-state index in [1.807, 2.05) is 0 Å². The van der Waals surface area contributed by atoms with Crippen molar-refractivity contribution in [1.82, 2.24) is 10.2 Å². The molecule has 0 saturated carbocycles. The highest BCUT2D eigenvalue weighted by molar-refractivity contribution is 5.75. The Morgan fingerprint density at radius 3 is 2.40 bits per heavy atom. The average Bonchev–Trinajstić information content (AvgIpc) is 2.41. The molecule has 0 radical (unpaired) electrons. The summed E-state index contributed by atoms with van der Waals surface area (Å²) in [4.78, 5) is 14.1. The lowest BCUT2D eigenvalue weighted by Crippen LogP contribution is -2.37. The number of likely N-dealkylation sites (N-methyl/N-ethyl adjacent to an activating group) is 1. The lowest BCUT2D eigenvalue weighted by molar-refractivity contribution is -0.121. The minimum absolute atomic E-state index is 0.172. The molecule has 0 aromatic carbocycles. The van der Waals surface area contributed by atoms with E-state index in [9.17, 15) is 4.79 Å². The number of nitrogens with two attached hydrogens (primary N) is 1. The summed E-state index contributed by atoms with van der Waals surface area (Å²) in [5, 5.41) is 3.02. The summed E-state index contributed by atoms with van der Waals surface area (Å²) in [7, 11) is 2.11. The molecule has 20 heavy (non-hydrogen) atoms. The molecule has 0 spiro atoms. The lowest BCUT2D eigenvalue weighted by atomic mass is 9.88. The standard InChI is InChI=1S/C16H35N3O/c1-6-14(4)19(5)12-11-18-16(20)8-7-15(9-10-17)13(2)3/h13-15H,6-12,17H2,1-5H3,(H,18,20). The molecule has 0 aliphatic heterocycles. The largest absolute Gasteiger partial charge is 0.355 e. The van der Waals surface area contributed by atoms with Gasteiger partial charge in [-0.2, -0.15) is 0 Å². The smallest absolute Gasteiger partial charge is 0.220 e. The number of nitrogens with one attached hydrogen (secondary N) is 1. The van der Waals surface area contributed by atoms with Crippen molar-refractivity contribution < 1.29 is 4.79 Å². The Hall–Kier alpha value is -0.610. The number of amides is 1. The van der Waals surface area contributed by atoms with Crippen LogP contribution in [0.15, 0.2) is 0 Å². The Morgan fingerprint density at radius 2 is 1.90 bits per heavy atom. The monoisotopic (exact) mass is 285 g/mol. The number of hydrogen-bond acceptors (Lipinski definition) is 3. The molecule has 0 saturated heterocycles. The zero-order chi connectivity index (χ0) is 15.5. The summed E-state index contributed by atoms with van der Waals surface area (Å²) in [6.07, 6.45) is 3.72. The fourth-order valence-corrected chi connectivity index (χ4v) is 2.33. The van der Waals surface area contributed by atoms with E-state index in [0.29, 0.717) is 30.8 Å². The number of nitrogens with zero attached hydrogens (tertiary/aromatic N) is 1. The Labute approximate surface area is 125 Å². The van der Waals surface area contributed by atoms with Crippen LogP contribution in [-0.4, -0.2) is 43.5 Å². The molecule has 0 aromatic heterocycles. The molecule has 2 unspecified atom stereocenters. The molecule has 0 fully saturated rings. The first kappa shape index (κ1) is 19.4. The van der Waals surface area contributed by atoms with Crippen LogP contribution in [0.4, 0.5) is 0 Å². The maximum Gasteiger partial charge on any atom is 0.220 e. The molecule has 2 atom stereocenters. The van der Waals surface area contributed by atoms with Crippen LogP contribution < -0.4 is 11.1 Å². The van der Waals surface area contributed by atoms with E-state index in [4.69, 9.17) is 5.73 Å². The first-order valence-corrected chi connectivity index (χ1v) is 8.09. The summed E-state index contributed by atoms with van der Waals surface area (Å²) in [6.45, 7) is 11.2. The zero-order valence-electron chi connectivity index (χ0n) is 14.1. The van der Waals surface area contributed by atoms with Crippen molar-refractivity contribution in [3.63, 3.8) is 0 Å². The fourth-order valence-electron chi connectivity index (χ4n) is 2.33. The molecule has 0 aliphatic carbocycles. The first-order chi connectivity index (χ1) is 9.42. The van der Waals surface area contributed by atoms with Crippen LogP contribution in [0.25, 0.3) is 0 Å². The van der Waals surface area contributed by atoms with Crippen molar-refractivity contribution in [3.05, 3.63) is 0 Å². The van der Waals surface area contributed by atoms with E-state index < -0.39 is 0 Å². The third-order valence-corrected chi connectivity index (χ3v) is 4.35. The van der Waals surface area contributed by atoms with Gasteiger partial charge >= 0.3 is 0 Å². The topological polar surface area (TPSA) is 58.4 Å². The zero-order valence-corrected chi connectivity index (χ0v) is 14.1. The Kier molecular flexibility index (Phi) is 10.8. The van der Waals surface area contributed by atoms with Crippen LogP contribution in [0.1, 0.15) is 53.4 Å². The maximum atomic E-state index is 11.8. The molecule has 0 heterocycles. The number of carbonyl (C=O) groups excluding carboxylic acids is 1. The van der Waals surface area contributed by atoms with Gasteiger partial charge in [-0.1, -0.05) is 20.8 Å². The normalized spacial score (nSPS) is 14.6. The van der Waals surface area contributed by atoms with E-state index in [1.165, 1.54) is 0 Å². The van der Waals surface area contributed by atoms with Crippen LogP contribution in [0.3, 0.4) is 0 Å². The molecule has 0 bridgehead atoms. The molecule has 120 valence electrons. The van der Waals surface area contributed by atoms with Gasteiger partial charge in [-0.25, -0.2) is 0 Å². The van der Waals surface area contributed by atoms with Crippen LogP contribution in [0.5, 0.6) is 0 Å². The summed E-state index contributed by atoms with van der Waals surface area (Å²) < 4.78 is 0. The first-order valence-electron chi connectivity index (χ1n) is 8.09.